The van der Waals surface area contributed by atoms with Crippen LogP contribution in [0.25, 0.3) is 0 Å². The summed E-state index contributed by atoms with van der Waals surface area (Å²) >= 11 is 0. The monoisotopic (exact) mass is 312 g/mol. The van der Waals surface area contributed by atoms with E-state index in [1.54, 1.807) is 12.4 Å². The topological polar surface area (TPSA) is 51.2 Å². The van der Waals surface area contributed by atoms with Gasteiger partial charge in [0.2, 0.25) is 5.91 Å². The lowest BCUT2D eigenvalue weighted by molar-refractivity contribution is -0.127. The van der Waals surface area contributed by atoms with Crippen molar-refractivity contribution in [2.24, 2.45) is 0 Å². The fourth-order valence-electron chi connectivity index (χ4n) is 2.48. The van der Waals surface area contributed by atoms with Crippen LogP contribution in [0, 0.1) is 13.8 Å². The Morgan fingerprint density at radius 3 is 2.65 bits per heavy atom. The standard InChI is InChI=1S/C19H24N2O2/c1-13(2)23-12-18(22)21-19(16-6-5-9-20-11-16)17-8-7-14(3)10-15(17)4/h5-11,13,19H,12H2,1-4H3,(H,21,22). The summed E-state index contributed by atoms with van der Waals surface area (Å²) in [6.45, 7) is 8.00. The van der Waals surface area contributed by atoms with Crippen LogP contribution in [0.3, 0.4) is 0 Å². The molecule has 0 aliphatic carbocycles. The highest BCUT2D eigenvalue weighted by molar-refractivity contribution is 5.78. The van der Waals surface area contributed by atoms with Crippen molar-refractivity contribution in [2.75, 3.05) is 6.61 Å². The van der Waals surface area contributed by atoms with Gasteiger partial charge in [-0.05, 0) is 50.5 Å². The molecule has 1 aromatic heterocycles. The lowest BCUT2D eigenvalue weighted by atomic mass is 9.94. The zero-order valence-corrected chi connectivity index (χ0v) is 14.2. The van der Waals surface area contributed by atoms with Crippen molar-refractivity contribution in [2.45, 2.75) is 39.8 Å². The molecule has 2 rings (SSSR count). The minimum atomic E-state index is -0.229. The SMILES string of the molecule is Cc1ccc(C(NC(=O)COC(C)C)c2cccnc2)c(C)c1. The Morgan fingerprint density at radius 1 is 1.26 bits per heavy atom. The average molecular weight is 312 g/mol. The summed E-state index contributed by atoms with van der Waals surface area (Å²) in [7, 11) is 0. The molecular formula is C19H24N2O2. The Morgan fingerprint density at radius 2 is 2.04 bits per heavy atom. The molecule has 1 atom stereocenters. The minimum absolute atomic E-state index is 0.0266. The van der Waals surface area contributed by atoms with Gasteiger partial charge in [0.25, 0.3) is 0 Å². The van der Waals surface area contributed by atoms with E-state index in [1.165, 1.54) is 5.56 Å². The maximum absolute atomic E-state index is 12.2. The number of nitrogens with zero attached hydrogens (tertiary/aromatic N) is 1. The van der Waals surface area contributed by atoms with E-state index in [1.807, 2.05) is 26.0 Å². The van der Waals surface area contributed by atoms with Crippen molar-refractivity contribution in [3.8, 4) is 0 Å². The molecule has 1 unspecified atom stereocenters. The summed E-state index contributed by atoms with van der Waals surface area (Å²) in [6, 6.07) is 9.86. The molecule has 2 aromatic rings. The van der Waals surface area contributed by atoms with Crippen molar-refractivity contribution in [3.05, 3.63) is 65.0 Å². The van der Waals surface area contributed by atoms with E-state index >= 15 is 0 Å². The first-order valence-corrected chi connectivity index (χ1v) is 7.85. The van der Waals surface area contributed by atoms with Gasteiger partial charge in [-0.15, -0.1) is 0 Å². The minimum Gasteiger partial charge on any atom is -0.369 e. The highest BCUT2D eigenvalue weighted by Crippen LogP contribution is 2.25. The molecule has 0 bridgehead atoms. The van der Waals surface area contributed by atoms with E-state index in [4.69, 9.17) is 4.74 Å². The van der Waals surface area contributed by atoms with Gasteiger partial charge >= 0.3 is 0 Å². The van der Waals surface area contributed by atoms with Gasteiger partial charge in [0.1, 0.15) is 6.61 Å². The Labute approximate surface area is 137 Å². The Kier molecular flexibility index (Phi) is 5.88. The molecule has 0 spiro atoms. The predicted molar refractivity (Wildman–Crippen MR) is 91.2 cm³/mol. The third kappa shape index (κ3) is 4.89. The molecule has 0 fully saturated rings. The summed E-state index contributed by atoms with van der Waals surface area (Å²) in [5.41, 5.74) is 4.37. The van der Waals surface area contributed by atoms with Gasteiger partial charge in [0, 0.05) is 12.4 Å². The first-order valence-electron chi connectivity index (χ1n) is 7.85. The highest BCUT2D eigenvalue weighted by Gasteiger charge is 2.19. The number of aryl methyl sites for hydroxylation is 2. The molecule has 23 heavy (non-hydrogen) atoms. The van der Waals surface area contributed by atoms with Crippen LogP contribution in [0.2, 0.25) is 0 Å². The van der Waals surface area contributed by atoms with Crippen LogP contribution < -0.4 is 5.32 Å². The zero-order chi connectivity index (χ0) is 16.8. The van der Waals surface area contributed by atoms with E-state index in [0.29, 0.717) is 0 Å². The Hall–Kier alpha value is -2.20. The summed E-state index contributed by atoms with van der Waals surface area (Å²) in [5.74, 6) is -0.132. The van der Waals surface area contributed by atoms with Crippen molar-refractivity contribution in [1.29, 1.82) is 0 Å². The molecule has 0 radical (unpaired) electrons. The van der Waals surface area contributed by atoms with Gasteiger partial charge in [-0.3, -0.25) is 9.78 Å². The molecule has 122 valence electrons. The van der Waals surface area contributed by atoms with Crippen molar-refractivity contribution in [1.82, 2.24) is 10.3 Å². The molecule has 4 heteroatoms. The average Bonchev–Trinajstić information content (AvgIpc) is 2.52. The molecule has 0 saturated carbocycles. The molecule has 0 saturated heterocycles. The number of benzene rings is 1. The lowest BCUT2D eigenvalue weighted by Gasteiger charge is -2.22. The molecular weight excluding hydrogens is 288 g/mol. The van der Waals surface area contributed by atoms with Crippen molar-refractivity contribution in [3.63, 3.8) is 0 Å². The lowest BCUT2D eigenvalue weighted by Crippen LogP contribution is -2.33. The van der Waals surface area contributed by atoms with E-state index in [-0.39, 0.29) is 24.7 Å². The van der Waals surface area contributed by atoms with Crippen LogP contribution in [0.15, 0.2) is 42.7 Å². The smallest absolute Gasteiger partial charge is 0.246 e. The van der Waals surface area contributed by atoms with Gasteiger partial charge in [0.05, 0.1) is 12.1 Å². The first kappa shape index (κ1) is 17.2. The summed E-state index contributed by atoms with van der Waals surface area (Å²) < 4.78 is 5.40. The highest BCUT2D eigenvalue weighted by atomic mass is 16.5. The van der Waals surface area contributed by atoms with Crippen LogP contribution in [-0.2, 0) is 9.53 Å². The number of carbonyl (C=O) groups is 1. The summed E-state index contributed by atoms with van der Waals surface area (Å²) in [6.07, 6.45) is 3.54. The number of amides is 1. The van der Waals surface area contributed by atoms with E-state index in [0.717, 1.165) is 16.7 Å². The first-order chi connectivity index (χ1) is 11.0. The number of carbonyl (C=O) groups excluding carboxylic acids is 1. The quantitative estimate of drug-likeness (QED) is 0.890. The zero-order valence-electron chi connectivity index (χ0n) is 14.2. The van der Waals surface area contributed by atoms with Gasteiger partial charge < -0.3 is 10.1 Å². The maximum Gasteiger partial charge on any atom is 0.246 e. The van der Waals surface area contributed by atoms with Crippen LogP contribution in [-0.4, -0.2) is 23.6 Å². The fourth-order valence-corrected chi connectivity index (χ4v) is 2.48. The molecule has 4 nitrogen and oxygen atoms in total. The molecule has 1 heterocycles. The second-order valence-corrected chi connectivity index (χ2v) is 6.01. The number of hydrogen-bond acceptors (Lipinski definition) is 3. The van der Waals surface area contributed by atoms with Gasteiger partial charge in [-0.2, -0.15) is 0 Å². The number of rotatable bonds is 6. The van der Waals surface area contributed by atoms with E-state index in [2.05, 4.69) is 42.3 Å². The van der Waals surface area contributed by atoms with Crippen LogP contribution in [0.4, 0.5) is 0 Å². The summed E-state index contributed by atoms with van der Waals surface area (Å²) in [5, 5.41) is 3.06. The predicted octanol–water partition coefficient (Wildman–Crippen LogP) is 3.33. The van der Waals surface area contributed by atoms with Crippen molar-refractivity contribution >= 4 is 5.91 Å². The largest absolute Gasteiger partial charge is 0.369 e. The van der Waals surface area contributed by atoms with Crippen LogP contribution in [0.1, 0.15) is 42.1 Å². The van der Waals surface area contributed by atoms with Crippen molar-refractivity contribution < 1.29 is 9.53 Å². The second kappa shape index (κ2) is 7.88. The van der Waals surface area contributed by atoms with E-state index in [9.17, 15) is 4.79 Å². The number of hydrogen-bond donors (Lipinski definition) is 1. The Bertz CT molecular complexity index is 654. The number of ether oxygens (including phenoxy) is 1. The molecule has 1 amide bonds. The number of aromatic nitrogens is 1. The van der Waals surface area contributed by atoms with E-state index < -0.39 is 0 Å². The van der Waals surface area contributed by atoms with Gasteiger partial charge in [-0.1, -0.05) is 29.8 Å². The molecule has 1 aromatic carbocycles. The summed E-state index contributed by atoms with van der Waals surface area (Å²) in [4.78, 5) is 16.4. The molecule has 0 aliphatic rings. The van der Waals surface area contributed by atoms with Gasteiger partial charge in [0.15, 0.2) is 0 Å². The fraction of sp³-hybridized carbons (Fsp3) is 0.368. The third-order valence-electron chi connectivity index (χ3n) is 3.61. The van der Waals surface area contributed by atoms with Crippen LogP contribution in [0.5, 0.6) is 0 Å². The second-order valence-electron chi connectivity index (χ2n) is 6.01. The van der Waals surface area contributed by atoms with Crippen LogP contribution >= 0.6 is 0 Å². The number of pyridine rings is 1. The third-order valence-corrected chi connectivity index (χ3v) is 3.61. The number of nitrogens with one attached hydrogen (secondary N) is 1. The normalized spacial score (nSPS) is 12.2. The van der Waals surface area contributed by atoms with Gasteiger partial charge in [-0.25, -0.2) is 0 Å². The molecule has 0 aliphatic heterocycles. The molecule has 1 N–H and O–H groups in total. The Balaban J connectivity index is 2.27. The maximum atomic E-state index is 12.2.